The maximum absolute atomic E-state index is 10.5. The van der Waals surface area contributed by atoms with Crippen molar-refractivity contribution in [1.82, 2.24) is 0 Å². The molecule has 1 aromatic carbocycles. The second kappa shape index (κ2) is 6.85. The van der Waals surface area contributed by atoms with Gasteiger partial charge in [-0.25, -0.2) is 9.59 Å². The van der Waals surface area contributed by atoms with Gasteiger partial charge in [-0.15, -0.1) is 0 Å². The molecule has 1 aromatic rings. The zero-order chi connectivity index (χ0) is 13.4. The molecule has 0 aliphatic carbocycles. The van der Waals surface area contributed by atoms with Crippen molar-refractivity contribution in [3.05, 3.63) is 65.8 Å². The Labute approximate surface area is 104 Å². The molecule has 4 nitrogen and oxygen atoms in total. The molecule has 0 spiro atoms. The fraction of sp³-hybridized carbons (Fsp3) is 0. The zero-order valence-corrected chi connectivity index (χ0v) is 9.48. The van der Waals surface area contributed by atoms with Gasteiger partial charge in [-0.05, 0) is 11.6 Å². The third-order valence-corrected chi connectivity index (χ3v) is 2.03. The van der Waals surface area contributed by atoms with E-state index in [-0.39, 0.29) is 0 Å². The Morgan fingerprint density at radius 3 is 2.06 bits per heavy atom. The SMILES string of the molecule is O=C(O)C(=CC=CC=Cc1ccccc1)C(=O)O. The summed E-state index contributed by atoms with van der Waals surface area (Å²) in [5.41, 5.74) is 0.335. The highest BCUT2D eigenvalue weighted by atomic mass is 16.4. The summed E-state index contributed by atoms with van der Waals surface area (Å²) in [5.74, 6) is -2.92. The molecule has 0 amide bonds. The minimum atomic E-state index is -1.46. The van der Waals surface area contributed by atoms with Crippen LogP contribution in [0, 0.1) is 0 Å². The number of benzene rings is 1. The van der Waals surface area contributed by atoms with Crippen LogP contribution in [0.15, 0.2) is 60.2 Å². The number of carboxylic acids is 2. The molecule has 0 unspecified atom stereocenters. The van der Waals surface area contributed by atoms with Crippen LogP contribution in [-0.2, 0) is 9.59 Å². The molecular formula is C14H12O4. The van der Waals surface area contributed by atoms with Gasteiger partial charge in [-0.1, -0.05) is 54.6 Å². The predicted octanol–water partition coefficient (Wildman–Crippen LogP) is 2.35. The topological polar surface area (TPSA) is 74.6 Å². The normalized spacial score (nSPS) is 10.7. The minimum absolute atomic E-state index is 0.667. The van der Waals surface area contributed by atoms with Crippen LogP contribution >= 0.6 is 0 Å². The Balaban J connectivity index is 2.66. The van der Waals surface area contributed by atoms with Gasteiger partial charge < -0.3 is 10.2 Å². The second-order valence-electron chi connectivity index (χ2n) is 3.35. The van der Waals surface area contributed by atoms with Gasteiger partial charge in [0.2, 0.25) is 0 Å². The molecule has 0 radical (unpaired) electrons. The van der Waals surface area contributed by atoms with Crippen LogP contribution in [0.5, 0.6) is 0 Å². The molecule has 0 saturated carbocycles. The van der Waals surface area contributed by atoms with Crippen molar-refractivity contribution in [3.8, 4) is 0 Å². The molecule has 18 heavy (non-hydrogen) atoms. The van der Waals surface area contributed by atoms with Crippen molar-refractivity contribution in [2.45, 2.75) is 0 Å². The Kier molecular flexibility index (Phi) is 5.12. The van der Waals surface area contributed by atoms with E-state index in [1.165, 1.54) is 6.08 Å². The number of hydrogen-bond acceptors (Lipinski definition) is 2. The van der Waals surface area contributed by atoms with Crippen LogP contribution in [0.1, 0.15) is 5.56 Å². The van der Waals surface area contributed by atoms with Crippen LogP contribution in [0.4, 0.5) is 0 Å². The highest BCUT2D eigenvalue weighted by molar-refractivity contribution is 6.12. The summed E-state index contributed by atoms with van der Waals surface area (Å²) in [7, 11) is 0. The molecular weight excluding hydrogens is 232 g/mol. The number of allylic oxidation sites excluding steroid dienone is 4. The van der Waals surface area contributed by atoms with E-state index in [4.69, 9.17) is 10.2 Å². The molecule has 0 aliphatic heterocycles. The molecule has 0 bridgehead atoms. The van der Waals surface area contributed by atoms with E-state index in [0.29, 0.717) is 0 Å². The summed E-state index contributed by atoms with van der Waals surface area (Å²) >= 11 is 0. The lowest BCUT2D eigenvalue weighted by molar-refractivity contribution is -0.140. The standard InChI is InChI=1S/C14H12O4/c15-13(16)12(14(17)18)10-6-2-5-9-11-7-3-1-4-8-11/h1-10H,(H,15,16)(H,17,18). The van der Waals surface area contributed by atoms with Crippen molar-refractivity contribution in [3.63, 3.8) is 0 Å². The lowest BCUT2D eigenvalue weighted by Gasteiger charge is -1.91. The second-order valence-corrected chi connectivity index (χ2v) is 3.35. The van der Waals surface area contributed by atoms with Gasteiger partial charge in [0.05, 0.1) is 0 Å². The van der Waals surface area contributed by atoms with E-state index in [1.54, 1.807) is 12.2 Å². The molecule has 92 valence electrons. The Bertz CT molecular complexity index is 494. The minimum Gasteiger partial charge on any atom is -0.477 e. The van der Waals surface area contributed by atoms with Crippen molar-refractivity contribution >= 4 is 18.0 Å². The third-order valence-electron chi connectivity index (χ3n) is 2.03. The van der Waals surface area contributed by atoms with E-state index in [1.807, 2.05) is 36.4 Å². The average Bonchev–Trinajstić information content (AvgIpc) is 2.34. The molecule has 1 rings (SSSR count). The Morgan fingerprint density at radius 2 is 1.50 bits per heavy atom. The Hall–Kier alpha value is -2.62. The summed E-state index contributed by atoms with van der Waals surface area (Å²) in [6, 6.07) is 9.54. The molecule has 0 aliphatic rings. The molecule has 0 fully saturated rings. The van der Waals surface area contributed by atoms with Crippen molar-refractivity contribution < 1.29 is 19.8 Å². The lowest BCUT2D eigenvalue weighted by atomic mass is 10.2. The maximum Gasteiger partial charge on any atom is 0.343 e. The summed E-state index contributed by atoms with van der Waals surface area (Å²) in [6.45, 7) is 0. The molecule has 0 saturated heterocycles. The number of hydrogen-bond donors (Lipinski definition) is 2. The number of rotatable bonds is 5. The van der Waals surface area contributed by atoms with Gasteiger partial charge >= 0.3 is 11.9 Å². The first-order chi connectivity index (χ1) is 8.61. The van der Waals surface area contributed by atoms with E-state index in [9.17, 15) is 9.59 Å². The molecule has 0 aromatic heterocycles. The predicted molar refractivity (Wildman–Crippen MR) is 68.0 cm³/mol. The van der Waals surface area contributed by atoms with Gasteiger partial charge in [0.15, 0.2) is 0 Å². The monoisotopic (exact) mass is 244 g/mol. The first kappa shape index (κ1) is 13.4. The summed E-state index contributed by atoms with van der Waals surface area (Å²) in [5, 5.41) is 17.2. The zero-order valence-electron chi connectivity index (χ0n) is 9.48. The van der Waals surface area contributed by atoms with Crippen molar-refractivity contribution in [2.24, 2.45) is 0 Å². The first-order valence-corrected chi connectivity index (χ1v) is 5.18. The highest BCUT2D eigenvalue weighted by Crippen LogP contribution is 2.01. The third kappa shape index (κ3) is 4.49. The number of aliphatic carboxylic acids is 2. The fourth-order valence-corrected chi connectivity index (χ4v) is 1.18. The van der Waals surface area contributed by atoms with Crippen molar-refractivity contribution in [2.75, 3.05) is 0 Å². The van der Waals surface area contributed by atoms with Gasteiger partial charge in [0.1, 0.15) is 5.57 Å². The summed E-state index contributed by atoms with van der Waals surface area (Å²) in [6.07, 6.45) is 7.51. The van der Waals surface area contributed by atoms with E-state index < -0.39 is 17.5 Å². The van der Waals surface area contributed by atoms with E-state index in [0.717, 1.165) is 11.6 Å². The summed E-state index contributed by atoms with van der Waals surface area (Å²) in [4.78, 5) is 21.1. The van der Waals surface area contributed by atoms with Crippen LogP contribution in [0.2, 0.25) is 0 Å². The number of carbonyl (C=O) groups is 2. The van der Waals surface area contributed by atoms with Crippen LogP contribution in [-0.4, -0.2) is 22.2 Å². The molecule has 0 atom stereocenters. The van der Waals surface area contributed by atoms with Crippen LogP contribution < -0.4 is 0 Å². The van der Waals surface area contributed by atoms with Crippen LogP contribution in [0.25, 0.3) is 6.08 Å². The molecule has 0 heterocycles. The lowest BCUT2D eigenvalue weighted by Crippen LogP contribution is -2.10. The smallest absolute Gasteiger partial charge is 0.343 e. The Morgan fingerprint density at radius 1 is 0.889 bits per heavy atom. The highest BCUT2D eigenvalue weighted by Gasteiger charge is 2.13. The van der Waals surface area contributed by atoms with Crippen molar-refractivity contribution in [1.29, 1.82) is 0 Å². The van der Waals surface area contributed by atoms with Gasteiger partial charge in [0.25, 0.3) is 0 Å². The maximum atomic E-state index is 10.5. The number of carboxylic acid groups (broad SMARTS) is 2. The van der Waals surface area contributed by atoms with E-state index in [2.05, 4.69) is 0 Å². The van der Waals surface area contributed by atoms with E-state index >= 15 is 0 Å². The molecule has 2 N–H and O–H groups in total. The fourth-order valence-electron chi connectivity index (χ4n) is 1.18. The summed E-state index contributed by atoms with van der Waals surface area (Å²) < 4.78 is 0. The van der Waals surface area contributed by atoms with Gasteiger partial charge in [0, 0.05) is 0 Å². The quantitative estimate of drug-likeness (QED) is 0.361. The molecule has 4 heteroatoms. The first-order valence-electron chi connectivity index (χ1n) is 5.18. The van der Waals surface area contributed by atoms with Gasteiger partial charge in [-0.2, -0.15) is 0 Å². The van der Waals surface area contributed by atoms with Crippen LogP contribution in [0.3, 0.4) is 0 Å². The average molecular weight is 244 g/mol. The van der Waals surface area contributed by atoms with Gasteiger partial charge in [-0.3, -0.25) is 0 Å². The largest absolute Gasteiger partial charge is 0.477 e.